The minimum absolute atomic E-state index is 0.00273. The van der Waals surface area contributed by atoms with Gasteiger partial charge in [-0.25, -0.2) is 14.3 Å². The molecule has 3 aliphatic heterocycles. The number of carbonyl (C=O) groups is 1. The van der Waals surface area contributed by atoms with E-state index < -0.39 is 13.8 Å². The number of sulfone groups is 1. The maximum atomic E-state index is 13.2. The second-order valence-corrected chi connectivity index (χ2v) is 10.9. The summed E-state index contributed by atoms with van der Waals surface area (Å²) >= 11 is 2.05. The van der Waals surface area contributed by atoms with Crippen LogP contribution in [0.1, 0.15) is 18.4 Å². The van der Waals surface area contributed by atoms with Crippen molar-refractivity contribution in [2.24, 2.45) is 5.84 Å². The van der Waals surface area contributed by atoms with Gasteiger partial charge in [0.05, 0.1) is 42.2 Å². The van der Waals surface area contributed by atoms with Crippen LogP contribution >= 0.6 is 22.6 Å². The number of morpholine rings is 1. The van der Waals surface area contributed by atoms with Crippen LogP contribution in [0.5, 0.6) is 0 Å². The molecule has 1 amide bonds. The molecular weight excluding hydrogens is 521 g/mol. The molecule has 164 valence electrons. The largest absolute Gasteiger partial charge is 0.378 e. The highest BCUT2D eigenvalue weighted by Gasteiger charge is 2.38. The minimum atomic E-state index is -3.57. The number of fused-ring (bicyclic) bond motifs is 1. The molecule has 10 heteroatoms. The van der Waals surface area contributed by atoms with E-state index in [1.807, 2.05) is 0 Å². The first-order valence-electron chi connectivity index (χ1n) is 10.1. The Morgan fingerprint density at radius 3 is 2.70 bits per heavy atom. The number of hydrogen-bond donors (Lipinski definition) is 1. The van der Waals surface area contributed by atoms with Crippen LogP contribution in [0.25, 0.3) is 5.70 Å². The van der Waals surface area contributed by atoms with Crippen molar-refractivity contribution < 1.29 is 22.7 Å². The van der Waals surface area contributed by atoms with E-state index in [-0.39, 0.29) is 22.7 Å². The van der Waals surface area contributed by atoms with Crippen molar-refractivity contribution in [3.63, 3.8) is 0 Å². The quantitative estimate of drug-likeness (QED) is 0.256. The highest BCUT2D eigenvalue weighted by atomic mass is 127. The molecule has 0 radical (unpaired) electrons. The average Bonchev–Trinajstić information content (AvgIpc) is 3.26. The normalized spacial score (nSPS) is 24.5. The number of amides is 1. The van der Waals surface area contributed by atoms with Crippen molar-refractivity contribution in [3.8, 4) is 0 Å². The Morgan fingerprint density at radius 1 is 1.27 bits per heavy atom. The first kappa shape index (κ1) is 22.0. The number of hydrazine groups is 1. The molecule has 3 heterocycles. The molecule has 8 nitrogen and oxygen atoms in total. The number of hydrogen-bond acceptors (Lipinski definition) is 7. The van der Waals surface area contributed by atoms with Gasteiger partial charge in [-0.05, 0) is 24.5 Å². The summed E-state index contributed by atoms with van der Waals surface area (Å²) in [5, 5.41) is 1.58. The smallest absolute Gasteiger partial charge is 0.239 e. The highest BCUT2D eigenvalue weighted by molar-refractivity contribution is 14.1. The molecule has 2 unspecified atom stereocenters. The Morgan fingerprint density at radius 2 is 2.00 bits per heavy atom. The second-order valence-electron chi connectivity index (χ2n) is 7.72. The van der Waals surface area contributed by atoms with Crippen molar-refractivity contribution in [2.75, 3.05) is 45.2 Å². The van der Waals surface area contributed by atoms with Crippen molar-refractivity contribution in [2.45, 2.75) is 27.8 Å². The summed E-state index contributed by atoms with van der Waals surface area (Å²) in [6, 6.07) is 6.87. The fraction of sp³-hybridized carbons (Fsp3) is 0.550. The first-order chi connectivity index (χ1) is 14.4. The fourth-order valence-corrected chi connectivity index (χ4v) is 7.04. The molecule has 1 aromatic carbocycles. The number of nitrogens with zero attached hydrogens (tertiary/aromatic N) is 2. The summed E-state index contributed by atoms with van der Waals surface area (Å²) in [6.45, 7) is 3.15. The molecule has 3 aliphatic rings. The molecule has 0 bridgehead atoms. The van der Waals surface area contributed by atoms with Gasteiger partial charge in [0.25, 0.3) is 0 Å². The van der Waals surface area contributed by atoms with Gasteiger partial charge >= 0.3 is 0 Å². The van der Waals surface area contributed by atoms with E-state index >= 15 is 0 Å². The number of halogens is 1. The molecule has 1 aromatic rings. The number of alkyl halides is 1. The van der Waals surface area contributed by atoms with E-state index in [1.165, 1.54) is 0 Å². The van der Waals surface area contributed by atoms with Crippen molar-refractivity contribution >= 4 is 44.0 Å². The Labute approximate surface area is 190 Å². The number of carbonyl (C=O) groups excluding carboxylic acids is 1. The van der Waals surface area contributed by atoms with Gasteiger partial charge in [-0.1, -0.05) is 40.8 Å². The van der Waals surface area contributed by atoms with Crippen molar-refractivity contribution in [1.82, 2.24) is 9.91 Å². The molecule has 2 saturated heterocycles. The number of rotatable bonds is 5. The molecule has 30 heavy (non-hydrogen) atoms. The molecular formula is C20H26IN3O5S. The zero-order valence-electron chi connectivity index (χ0n) is 16.6. The maximum absolute atomic E-state index is 13.2. The van der Waals surface area contributed by atoms with Crippen molar-refractivity contribution in [3.05, 3.63) is 35.4 Å². The first-order valence-corrected chi connectivity index (χ1v) is 13.0. The Balaban J connectivity index is 1.74. The minimum Gasteiger partial charge on any atom is -0.378 e. The molecule has 0 spiro atoms. The van der Waals surface area contributed by atoms with Gasteiger partial charge in [0.2, 0.25) is 5.91 Å². The second kappa shape index (κ2) is 9.11. The molecule has 0 saturated carbocycles. The van der Waals surface area contributed by atoms with Crippen LogP contribution in [0.3, 0.4) is 0 Å². The zero-order valence-corrected chi connectivity index (χ0v) is 19.6. The maximum Gasteiger partial charge on any atom is 0.239 e. The lowest BCUT2D eigenvalue weighted by atomic mass is 10.0. The fourth-order valence-electron chi connectivity index (χ4n) is 4.18. The predicted octanol–water partition coefficient (Wildman–Crippen LogP) is 1.20. The van der Waals surface area contributed by atoms with Crippen LogP contribution in [0.4, 0.5) is 0 Å². The SMILES string of the molecule is NN(CC1CCCO1)C1=C(C(I)C(=O)N2CCOCC2)CS(=O)(=O)c2ccccc21. The summed E-state index contributed by atoms with van der Waals surface area (Å²) in [7, 11) is -3.57. The monoisotopic (exact) mass is 547 g/mol. The summed E-state index contributed by atoms with van der Waals surface area (Å²) in [5.41, 5.74) is 1.71. The van der Waals surface area contributed by atoms with E-state index in [4.69, 9.17) is 15.3 Å². The van der Waals surface area contributed by atoms with Gasteiger partial charge in [0.15, 0.2) is 9.84 Å². The van der Waals surface area contributed by atoms with Crippen LogP contribution in [0, 0.1) is 0 Å². The molecule has 0 aromatic heterocycles. The lowest BCUT2D eigenvalue weighted by Gasteiger charge is -2.35. The summed E-state index contributed by atoms with van der Waals surface area (Å²) < 4.78 is 36.5. The van der Waals surface area contributed by atoms with Gasteiger partial charge in [-0.2, -0.15) is 0 Å². The van der Waals surface area contributed by atoms with E-state index in [1.54, 1.807) is 34.2 Å². The third-order valence-corrected chi connectivity index (χ3v) is 8.69. The topological polar surface area (TPSA) is 102 Å². The van der Waals surface area contributed by atoms with Crippen LogP contribution in [-0.4, -0.2) is 79.5 Å². The van der Waals surface area contributed by atoms with E-state index in [0.717, 1.165) is 12.8 Å². The third-order valence-electron chi connectivity index (χ3n) is 5.68. The zero-order chi connectivity index (χ0) is 21.3. The summed E-state index contributed by atoms with van der Waals surface area (Å²) in [5.74, 6) is 6.17. The third kappa shape index (κ3) is 4.38. The van der Waals surface area contributed by atoms with Gasteiger partial charge in [0, 0.05) is 25.3 Å². The van der Waals surface area contributed by atoms with E-state index in [9.17, 15) is 13.2 Å². The van der Waals surface area contributed by atoms with Crippen LogP contribution in [0.2, 0.25) is 0 Å². The van der Waals surface area contributed by atoms with Gasteiger partial charge in [0.1, 0.15) is 3.92 Å². The molecule has 2 N–H and O–H groups in total. The lowest BCUT2D eigenvalue weighted by Crippen LogP contribution is -2.46. The number of ether oxygens (including phenoxy) is 2. The summed E-state index contributed by atoms with van der Waals surface area (Å²) in [6.07, 6.45) is 1.90. The van der Waals surface area contributed by atoms with E-state index in [2.05, 4.69) is 22.6 Å². The standard InChI is InChI=1S/C20H26IN3O5S/c21-18(20(25)23-7-10-28-11-8-23)16-13-30(26,27)17-6-2-1-5-15(17)19(16)24(22)12-14-4-3-9-29-14/h1-2,5-6,14,18H,3-4,7-13,22H2. The van der Waals surface area contributed by atoms with Gasteiger partial charge in [-0.15, -0.1) is 0 Å². The molecule has 2 atom stereocenters. The average molecular weight is 547 g/mol. The number of benzene rings is 1. The van der Waals surface area contributed by atoms with E-state index in [0.29, 0.717) is 56.3 Å². The molecule has 4 rings (SSSR count). The van der Waals surface area contributed by atoms with Crippen LogP contribution in [-0.2, 0) is 24.1 Å². The summed E-state index contributed by atoms with van der Waals surface area (Å²) in [4.78, 5) is 15.2. The van der Waals surface area contributed by atoms with Gasteiger partial charge in [-0.3, -0.25) is 4.79 Å². The van der Waals surface area contributed by atoms with Crippen molar-refractivity contribution in [1.29, 1.82) is 0 Å². The molecule has 2 fully saturated rings. The molecule has 0 aliphatic carbocycles. The number of nitrogens with two attached hydrogens (primary N) is 1. The van der Waals surface area contributed by atoms with Gasteiger partial charge < -0.3 is 19.4 Å². The Kier molecular flexibility index (Phi) is 6.68. The highest BCUT2D eigenvalue weighted by Crippen LogP contribution is 2.38. The Bertz CT molecular complexity index is 940. The lowest BCUT2D eigenvalue weighted by molar-refractivity contribution is -0.133. The predicted molar refractivity (Wildman–Crippen MR) is 120 cm³/mol. The van der Waals surface area contributed by atoms with Crippen LogP contribution < -0.4 is 5.84 Å². The Hall–Kier alpha value is -1.21. The van der Waals surface area contributed by atoms with Crippen LogP contribution in [0.15, 0.2) is 34.7 Å².